The number of alkyl halides is 3. The van der Waals surface area contributed by atoms with Crippen LogP contribution in [-0.4, -0.2) is 25.7 Å². The van der Waals surface area contributed by atoms with Gasteiger partial charge in [-0.1, -0.05) is 12.1 Å². The van der Waals surface area contributed by atoms with E-state index in [0.717, 1.165) is 6.07 Å². The van der Waals surface area contributed by atoms with Crippen LogP contribution < -0.4 is 5.32 Å². The molecule has 0 aliphatic carbocycles. The van der Waals surface area contributed by atoms with Gasteiger partial charge in [0, 0.05) is 12.4 Å². The van der Waals surface area contributed by atoms with Gasteiger partial charge in [-0.2, -0.15) is 13.2 Å². The number of rotatable bonds is 3. The Bertz CT molecular complexity index is 903. The number of carbonyl (C=O) groups excluding carboxylic acids is 1. The van der Waals surface area contributed by atoms with Crippen LogP contribution in [0.25, 0.3) is 5.82 Å². The predicted octanol–water partition coefficient (Wildman–Crippen LogP) is 3.24. The maximum Gasteiger partial charge on any atom is 0.418 e. The molecule has 9 heteroatoms. The average Bonchev–Trinajstić information content (AvgIpc) is 3.00. The first kappa shape index (κ1) is 16.6. The molecule has 25 heavy (non-hydrogen) atoms. The quantitative estimate of drug-likeness (QED) is 0.789. The summed E-state index contributed by atoms with van der Waals surface area (Å²) in [5.74, 6) is 0.353. The number of aromatic nitrogens is 4. The molecule has 0 fully saturated rings. The fourth-order valence-electron chi connectivity index (χ4n) is 2.22. The molecule has 0 spiro atoms. The van der Waals surface area contributed by atoms with Gasteiger partial charge in [0.2, 0.25) is 0 Å². The van der Waals surface area contributed by atoms with Gasteiger partial charge in [-0.25, -0.2) is 4.98 Å². The molecule has 1 amide bonds. The van der Waals surface area contributed by atoms with Gasteiger partial charge < -0.3 is 5.32 Å². The van der Waals surface area contributed by atoms with Gasteiger partial charge in [0.25, 0.3) is 5.91 Å². The SMILES string of the molecule is Cc1nccn1-c1ccc(C(=O)Nc2ccccc2C(F)(F)F)nn1. The third-order valence-electron chi connectivity index (χ3n) is 3.44. The van der Waals surface area contributed by atoms with E-state index in [1.165, 1.54) is 30.3 Å². The van der Waals surface area contributed by atoms with Crippen LogP contribution in [0.1, 0.15) is 21.9 Å². The summed E-state index contributed by atoms with van der Waals surface area (Å²) >= 11 is 0. The second kappa shape index (κ2) is 6.34. The zero-order valence-electron chi connectivity index (χ0n) is 12.9. The van der Waals surface area contributed by atoms with Gasteiger partial charge in [0.05, 0.1) is 11.3 Å². The van der Waals surface area contributed by atoms with Gasteiger partial charge >= 0.3 is 6.18 Å². The van der Waals surface area contributed by atoms with Crippen LogP contribution in [-0.2, 0) is 6.18 Å². The van der Waals surface area contributed by atoms with Crippen molar-refractivity contribution in [2.75, 3.05) is 5.32 Å². The number of halogens is 3. The lowest BCUT2D eigenvalue weighted by Crippen LogP contribution is -2.18. The van der Waals surface area contributed by atoms with Crippen molar-refractivity contribution in [1.29, 1.82) is 0 Å². The molecule has 1 aromatic carbocycles. The van der Waals surface area contributed by atoms with E-state index >= 15 is 0 Å². The molecule has 3 aromatic rings. The number of hydrogen-bond donors (Lipinski definition) is 1. The largest absolute Gasteiger partial charge is 0.418 e. The first-order valence-electron chi connectivity index (χ1n) is 7.18. The van der Waals surface area contributed by atoms with E-state index in [1.54, 1.807) is 23.9 Å². The van der Waals surface area contributed by atoms with Gasteiger partial charge in [-0.3, -0.25) is 9.36 Å². The fourth-order valence-corrected chi connectivity index (χ4v) is 2.22. The molecule has 3 rings (SSSR count). The Morgan fingerprint density at radius 2 is 1.88 bits per heavy atom. The maximum atomic E-state index is 13.0. The lowest BCUT2D eigenvalue weighted by molar-refractivity contribution is -0.136. The van der Waals surface area contributed by atoms with E-state index < -0.39 is 17.6 Å². The third-order valence-corrected chi connectivity index (χ3v) is 3.44. The van der Waals surface area contributed by atoms with E-state index in [0.29, 0.717) is 11.6 Å². The number of amides is 1. The highest BCUT2D eigenvalue weighted by molar-refractivity contribution is 6.03. The minimum absolute atomic E-state index is 0.0986. The summed E-state index contributed by atoms with van der Waals surface area (Å²) in [6.07, 6.45) is -1.30. The van der Waals surface area contributed by atoms with Crippen LogP contribution in [0.2, 0.25) is 0 Å². The summed E-state index contributed by atoms with van der Waals surface area (Å²) in [6.45, 7) is 1.77. The fraction of sp³-hybridized carbons (Fsp3) is 0.125. The van der Waals surface area contributed by atoms with Gasteiger partial charge in [0.1, 0.15) is 5.82 Å². The molecule has 2 heterocycles. The first-order valence-corrected chi connectivity index (χ1v) is 7.18. The summed E-state index contributed by atoms with van der Waals surface area (Å²) in [5, 5.41) is 9.90. The zero-order valence-corrected chi connectivity index (χ0v) is 12.9. The van der Waals surface area contributed by atoms with Crippen molar-refractivity contribution in [3.63, 3.8) is 0 Å². The summed E-state index contributed by atoms with van der Waals surface area (Å²) in [6, 6.07) is 7.64. The van der Waals surface area contributed by atoms with Gasteiger partial charge in [-0.15, -0.1) is 10.2 Å². The van der Waals surface area contributed by atoms with E-state index in [9.17, 15) is 18.0 Å². The van der Waals surface area contributed by atoms with E-state index in [2.05, 4.69) is 20.5 Å². The number of imidazole rings is 1. The van der Waals surface area contributed by atoms with Crippen molar-refractivity contribution >= 4 is 11.6 Å². The van der Waals surface area contributed by atoms with Crippen molar-refractivity contribution in [2.24, 2.45) is 0 Å². The predicted molar refractivity (Wildman–Crippen MR) is 83.3 cm³/mol. The molecule has 128 valence electrons. The lowest BCUT2D eigenvalue weighted by Gasteiger charge is -2.13. The van der Waals surface area contributed by atoms with E-state index in [1.807, 2.05) is 0 Å². The standard InChI is InChI=1S/C16H12F3N5O/c1-10-20-8-9-24(10)14-7-6-13(22-23-14)15(25)21-12-5-3-2-4-11(12)16(17,18)19/h2-9H,1H3,(H,21,25). The summed E-state index contributed by atoms with van der Waals surface area (Å²) in [7, 11) is 0. The van der Waals surface area contributed by atoms with Crippen molar-refractivity contribution in [3.8, 4) is 5.82 Å². The molecular weight excluding hydrogens is 335 g/mol. The Morgan fingerprint density at radius 1 is 1.12 bits per heavy atom. The Balaban J connectivity index is 1.82. The van der Waals surface area contributed by atoms with Crippen LogP contribution in [0.15, 0.2) is 48.8 Å². The minimum atomic E-state index is -4.57. The molecule has 0 atom stereocenters. The highest BCUT2D eigenvalue weighted by Crippen LogP contribution is 2.34. The molecule has 0 aliphatic heterocycles. The number of nitrogens with zero attached hydrogens (tertiary/aromatic N) is 4. The molecule has 0 saturated carbocycles. The van der Waals surface area contributed by atoms with Crippen LogP contribution in [0.5, 0.6) is 0 Å². The molecular formula is C16H12F3N5O. The Kier molecular flexibility index (Phi) is 4.22. The number of aryl methyl sites for hydroxylation is 1. The Morgan fingerprint density at radius 3 is 2.48 bits per heavy atom. The molecule has 0 aliphatic rings. The van der Waals surface area contributed by atoms with E-state index in [-0.39, 0.29) is 11.4 Å². The topological polar surface area (TPSA) is 72.7 Å². The van der Waals surface area contributed by atoms with Crippen molar-refractivity contribution < 1.29 is 18.0 Å². The number of carbonyl (C=O) groups is 1. The molecule has 0 radical (unpaired) electrons. The monoisotopic (exact) mass is 347 g/mol. The number of anilines is 1. The number of nitrogens with one attached hydrogen (secondary N) is 1. The normalized spacial score (nSPS) is 11.4. The molecule has 2 aromatic heterocycles. The van der Waals surface area contributed by atoms with Crippen molar-refractivity contribution in [2.45, 2.75) is 13.1 Å². The smallest absolute Gasteiger partial charge is 0.320 e. The number of hydrogen-bond acceptors (Lipinski definition) is 4. The van der Waals surface area contributed by atoms with Gasteiger partial charge in [-0.05, 0) is 31.2 Å². The number of benzene rings is 1. The molecule has 0 saturated heterocycles. The third kappa shape index (κ3) is 3.49. The van der Waals surface area contributed by atoms with Crippen LogP contribution in [0.3, 0.4) is 0 Å². The van der Waals surface area contributed by atoms with Crippen LogP contribution in [0, 0.1) is 6.92 Å². The molecule has 0 unspecified atom stereocenters. The highest BCUT2D eigenvalue weighted by atomic mass is 19.4. The lowest BCUT2D eigenvalue weighted by atomic mass is 10.1. The minimum Gasteiger partial charge on any atom is -0.320 e. The Labute approximate surface area is 140 Å². The molecule has 1 N–H and O–H groups in total. The second-order valence-corrected chi connectivity index (χ2v) is 5.12. The second-order valence-electron chi connectivity index (χ2n) is 5.12. The van der Waals surface area contributed by atoms with Crippen molar-refractivity contribution in [1.82, 2.24) is 19.7 Å². The summed E-state index contributed by atoms with van der Waals surface area (Å²) in [4.78, 5) is 16.2. The molecule has 0 bridgehead atoms. The maximum absolute atomic E-state index is 13.0. The van der Waals surface area contributed by atoms with E-state index in [4.69, 9.17) is 0 Å². The number of para-hydroxylation sites is 1. The average molecular weight is 347 g/mol. The van der Waals surface area contributed by atoms with Crippen molar-refractivity contribution in [3.05, 3.63) is 65.9 Å². The van der Waals surface area contributed by atoms with Gasteiger partial charge in [0.15, 0.2) is 11.5 Å². The van der Waals surface area contributed by atoms with Crippen LogP contribution >= 0.6 is 0 Å². The highest BCUT2D eigenvalue weighted by Gasteiger charge is 2.33. The summed E-state index contributed by atoms with van der Waals surface area (Å²) < 4.78 is 40.5. The Hall–Kier alpha value is -3.23. The first-order chi connectivity index (χ1) is 11.9. The zero-order chi connectivity index (χ0) is 18.0. The van der Waals surface area contributed by atoms with Crippen LogP contribution in [0.4, 0.5) is 18.9 Å². The molecule has 6 nitrogen and oxygen atoms in total. The summed E-state index contributed by atoms with van der Waals surface area (Å²) in [5.41, 5.74) is -1.36.